The third kappa shape index (κ3) is 6.02. The molecule has 0 saturated carbocycles. The summed E-state index contributed by atoms with van der Waals surface area (Å²) >= 11 is 1.70. The molecule has 0 spiro atoms. The normalized spacial score (nSPS) is 15.3. The van der Waals surface area contributed by atoms with E-state index in [1.165, 1.54) is 11.1 Å². The molecule has 2 heterocycles. The Morgan fingerprint density at radius 1 is 1.06 bits per heavy atom. The molecule has 0 radical (unpaired) electrons. The molecule has 0 atom stereocenters. The van der Waals surface area contributed by atoms with Crippen molar-refractivity contribution in [3.8, 4) is 0 Å². The number of piperidine rings is 1. The van der Waals surface area contributed by atoms with E-state index >= 15 is 0 Å². The van der Waals surface area contributed by atoms with E-state index in [0.717, 1.165) is 49.6 Å². The Kier molecular flexibility index (Phi) is 7.49. The second kappa shape index (κ2) is 10.7. The molecule has 3 aromatic rings. The number of likely N-dealkylation sites (tertiary alicyclic amines) is 1. The number of carbonyl (C=O) groups excluding carboxylic acids is 1. The minimum atomic E-state index is 0.125. The molecule has 4 nitrogen and oxygen atoms in total. The van der Waals surface area contributed by atoms with Crippen LogP contribution in [-0.4, -0.2) is 35.4 Å². The minimum absolute atomic E-state index is 0.125. The van der Waals surface area contributed by atoms with E-state index in [2.05, 4.69) is 81.2 Å². The Labute approximate surface area is 189 Å². The van der Waals surface area contributed by atoms with Gasteiger partial charge in [0.05, 0.1) is 10.7 Å². The van der Waals surface area contributed by atoms with Crippen LogP contribution in [0.1, 0.15) is 47.0 Å². The molecular formula is C26H31N3OS. The lowest BCUT2D eigenvalue weighted by Gasteiger charge is -2.30. The highest BCUT2D eigenvalue weighted by atomic mass is 32.1. The number of benzene rings is 2. The lowest BCUT2D eigenvalue weighted by atomic mass is 9.88. The fourth-order valence-corrected chi connectivity index (χ4v) is 5.05. The Hall–Kier alpha value is -2.50. The highest BCUT2D eigenvalue weighted by Gasteiger charge is 2.25. The molecule has 5 heteroatoms. The van der Waals surface area contributed by atoms with E-state index in [1.54, 1.807) is 11.3 Å². The van der Waals surface area contributed by atoms with E-state index in [9.17, 15) is 4.79 Å². The number of carbonyl (C=O) groups is 1. The summed E-state index contributed by atoms with van der Waals surface area (Å²) in [6.45, 7) is 5.57. The van der Waals surface area contributed by atoms with Crippen LogP contribution >= 0.6 is 11.3 Å². The van der Waals surface area contributed by atoms with Gasteiger partial charge in [0.25, 0.3) is 0 Å². The third-order valence-corrected chi connectivity index (χ3v) is 6.97. The highest BCUT2D eigenvalue weighted by Crippen LogP contribution is 2.27. The molecule has 4 rings (SSSR count). The van der Waals surface area contributed by atoms with Gasteiger partial charge in [-0.05, 0) is 50.4 Å². The van der Waals surface area contributed by atoms with Crippen molar-refractivity contribution in [2.24, 2.45) is 5.92 Å². The molecule has 162 valence electrons. The van der Waals surface area contributed by atoms with E-state index in [1.807, 2.05) is 6.92 Å². The number of nitrogens with zero attached hydrogens (tertiary/aromatic N) is 2. The van der Waals surface area contributed by atoms with Gasteiger partial charge < -0.3 is 5.32 Å². The summed E-state index contributed by atoms with van der Waals surface area (Å²) in [5.41, 5.74) is 3.75. The zero-order valence-corrected chi connectivity index (χ0v) is 19.0. The molecule has 2 aromatic carbocycles. The first-order chi connectivity index (χ1) is 15.2. The van der Waals surface area contributed by atoms with E-state index in [4.69, 9.17) is 0 Å². The number of nitrogens with one attached hydrogen (secondary N) is 1. The van der Waals surface area contributed by atoms with Crippen LogP contribution in [0.15, 0.2) is 66.0 Å². The van der Waals surface area contributed by atoms with Crippen LogP contribution < -0.4 is 5.32 Å². The summed E-state index contributed by atoms with van der Waals surface area (Å²) in [7, 11) is 0. The fourth-order valence-electron chi connectivity index (χ4n) is 4.44. The summed E-state index contributed by atoms with van der Waals surface area (Å²) in [5, 5.41) is 6.48. The van der Waals surface area contributed by atoms with Gasteiger partial charge in [0.1, 0.15) is 0 Å². The minimum Gasteiger partial charge on any atom is -0.356 e. The SMILES string of the molecule is Cc1nc(CN2CCC(C(=O)NCCC(c3ccccc3)c3ccccc3)CC2)cs1. The van der Waals surface area contributed by atoms with Crippen molar-refractivity contribution in [1.29, 1.82) is 0 Å². The van der Waals surface area contributed by atoms with Crippen molar-refractivity contribution in [2.45, 2.75) is 38.6 Å². The molecule has 0 unspecified atom stereocenters. The van der Waals surface area contributed by atoms with Crippen LogP contribution in [-0.2, 0) is 11.3 Å². The van der Waals surface area contributed by atoms with Crippen LogP contribution in [0.5, 0.6) is 0 Å². The van der Waals surface area contributed by atoms with Gasteiger partial charge in [-0.15, -0.1) is 11.3 Å². The lowest BCUT2D eigenvalue weighted by molar-refractivity contribution is -0.126. The standard InChI is InChI=1S/C26H31N3OS/c1-20-28-24(19-31-20)18-29-16-13-23(14-17-29)26(30)27-15-12-25(21-8-4-2-5-9-21)22-10-6-3-7-11-22/h2-11,19,23,25H,12-18H2,1H3,(H,27,30). The number of amides is 1. The number of rotatable bonds is 8. The fraction of sp³-hybridized carbons (Fsp3) is 0.385. The molecule has 1 N–H and O–H groups in total. The zero-order chi connectivity index (χ0) is 21.5. The maximum Gasteiger partial charge on any atom is 0.223 e. The molecule has 1 saturated heterocycles. The molecule has 0 aliphatic carbocycles. The molecule has 1 fully saturated rings. The summed E-state index contributed by atoms with van der Waals surface area (Å²) in [5.74, 6) is 0.635. The zero-order valence-electron chi connectivity index (χ0n) is 18.2. The molecule has 1 amide bonds. The molecular weight excluding hydrogens is 402 g/mol. The molecule has 1 aromatic heterocycles. The number of aryl methyl sites for hydroxylation is 1. The third-order valence-electron chi connectivity index (χ3n) is 6.15. The average molecular weight is 434 g/mol. The molecule has 1 aliphatic heterocycles. The van der Waals surface area contributed by atoms with Gasteiger partial charge >= 0.3 is 0 Å². The second-order valence-corrected chi connectivity index (χ2v) is 9.42. The number of hydrogen-bond acceptors (Lipinski definition) is 4. The van der Waals surface area contributed by atoms with E-state index < -0.39 is 0 Å². The van der Waals surface area contributed by atoms with Gasteiger partial charge in [-0.3, -0.25) is 9.69 Å². The molecule has 31 heavy (non-hydrogen) atoms. The second-order valence-electron chi connectivity index (χ2n) is 8.36. The summed E-state index contributed by atoms with van der Waals surface area (Å²) in [4.78, 5) is 19.8. The Morgan fingerprint density at radius 2 is 1.68 bits per heavy atom. The van der Waals surface area contributed by atoms with Gasteiger partial charge in [-0.1, -0.05) is 60.7 Å². The first-order valence-electron chi connectivity index (χ1n) is 11.2. The Morgan fingerprint density at radius 3 is 2.23 bits per heavy atom. The van der Waals surface area contributed by atoms with E-state index in [0.29, 0.717) is 12.5 Å². The first kappa shape index (κ1) is 21.7. The van der Waals surface area contributed by atoms with Crippen LogP contribution in [0.4, 0.5) is 0 Å². The quantitative estimate of drug-likeness (QED) is 0.544. The van der Waals surface area contributed by atoms with Gasteiger partial charge in [-0.2, -0.15) is 0 Å². The van der Waals surface area contributed by atoms with Gasteiger partial charge in [-0.25, -0.2) is 4.98 Å². The van der Waals surface area contributed by atoms with Crippen molar-refractivity contribution < 1.29 is 4.79 Å². The van der Waals surface area contributed by atoms with Crippen molar-refractivity contribution in [3.05, 3.63) is 87.9 Å². The molecule has 1 aliphatic rings. The topological polar surface area (TPSA) is 45.2 Å². The van der Waals surface area contributed by atoms with Crippen LogP contribution in [0.2, 0.25) is 0 Å². The van der Waals surface area contributed by atoms with Gasteiger partial charge in [0.2, 0.25) is 5.91 Å². The van der Waals surface area contributed by atoms with Crippen LogP contribution in [0.25, 0.3) is 0 Å². The lowest BCUT2D eigenvalue weighted by Crippen LogP contribution is -2.40. The summed E-state index contributed by atoms with van der Waals surface area (Å²) < 4.78 is 0. The smallest absolute Gasteiger partial charge is 0.223 e. The molecule has 0 bridgehead atoms. The first-order valence-corrected chi connectivity index (χ1v) is 12.1. The predicted octanol–water partition coefficient (Wildman–Crippen LogP) is 5.00. The Balaban J connectivity index is 1.26. The van der Waals surface area contributed by atoms with Crippen molar-refractivity contribution >= 4 is 17.2 Å². The van der Waals surface area contributed by atoms with Gasteiger partial charge in [0, 0.05) is 30.3 Å². The van der Waals surface area contributed by atoms with Crippen LogP contribution in [0.3, 0.4) is 0 Å². The van der Waals surface area contributed by atoms with E-state index in [-0.39, 0.29) is 11.8 Å². The highest BCUT2D eigenvalue weighted by molar-refractivity contribution is 7.09. The van der Waals surface area contributed by atoms with Crippen molar-refractivity contribution in [2.75, 3.05) is 19.6 Å². The number of thiazole rings is 1. The summed E-state index contributed by atoms with van der Waals surface area (Å²) in [6, 6.07) is 21.2. The summed E-state index contributed by atoms with van der Waals surface area (Å²) in [6.07, 6.45) is 2.76. The average Bonchev–Trinajstić information content (AvgIpc) is 3.22. The number of hydrogen-bond donors (Lipinski definition) is 1. The predicted molar refractivity (Wildman–Crippen MR) is 127 cm³/mol. The van der Waals surface area contributed by atoms with Crippen LogP contribution in [0, 0.1) is 12.8 Å². The maximum atomic E-state index is 12.8. The largest absolute Gasteiger partial charge is 0.356 e. The number of aromatic nitrogens is 1. The van der Waals surface area contributed by atoms with Crippen molar-refractivity contribution in [3.63, 3.8) is 0 Å². The monoisotopic (exact) mass is 433 g/mol. The Bertz CT molecular complexity index is 910. The van der Waals surface area contributed by atoms with Crippen molar-refractivity contribution in [1.82, 2.24) is 15.2 Å². The maximum absolute atomic E-state index is 12.8. The van der Waals surface area contributed by atoms with Gasteiger partial charge in [0.15, 0.2) is 0 Å².